The third-order valence-electron chi connectivity index (χ3n) is 1.52. The zero-order valence-corrected chi connectivity index (χ0v) is 7.81. The van der Waals surface area contributed by atoms with Crippen LogP contribution < -0.4 is 0 Å². The summed E-state index contributed by atoms with van der Waals surface area (Å²) in [6, 6.07) is 3.98. The highest BCUT2D eigenvalue weighted by atomic mass is 35.5. The van der Waals surface area contributed by atoms with Gasteiger partial charge in [-0.25, -0.2) is 0 Å². The van der Waals surface area contributed by atoms with Gasteiger partial charge in [-0.05, 0) is 32.4 Å². The SMILES string of the molecule is Cc1ccc(C(C)(C)Cl)nc1. The molecule has 2 heteroatoms. The number of alkyl halides is 1. The van der Waals surface area contributed by atoms with E-state index in [1.807, 2.05) is 39.1 Å². The molecule has 0 radical (unpaired) electrons. The minimum atomic E-state index is -0.353. The molecule has 0 atom stereocenters. The Morgan fingerprint density at radius 2 is 2.00 bits per heavy atom. The van der Waals surface area contributed by atoms with Gasteiger partial charge in [-0.3, -0.25) is 4.98 Å². The number of aromatic nitrogens is 1. The van der Waals surface area contributed by atoms with Crippen molar-refractivity contribution in [1.82, 2.24) is 4.98 Å². The Bertz CT molecular complexity index is 233. The molecule has 0 bridgehead atoms. The molecular formula is C9H12ClN. The molecule has 0 saturated heterocycles. The highest BCUT2D eigenvalue weighted by Crippen LogP contribution is 2.25. The molecule has 0 aliphatic rings. The largest absolute Gasteiger partial charge is 0.259 e. The van der Waals surface area contributed by atoms with Crippen LogP contribution in [0, 0.1) is 6.92 Å². The van der Waals surface area contributed by atoms with Crippen molar-refractivity contribution in [3.63, 3.8) is 0 Å². The average molecular weight is 170 g/mol. The minimum absolute atomic E-state index is 0.353. The maximum Gasteiger partial charge on any atom is 0.0809 e. The summed E-state index contributed by atoms with van der Waals surface area (Å²) in [5, 5.41) is 0. The Morgan fingerprint density at radius 1 is 1.36 bits per heavy atom. The quantitative estimate of drug-likeness (QED) is 0.590. The standard InChI is InChI=1S/C9H12ClN/c1-7-4-5-8(11-6-7)9(2,3)10/h4-6H,1-3H3. The first-order valence-corrected chi connectivity index (χ1v) is 4.00. The Labute approximate surface area is 72.4 Å². The van der Waals surface area contributed by atoms with Gasteiger partial charge in [-0.15, -0.1) is 11.6 Å². The van der Waals surface area contributed by atoms with E-state index in [1.54, 1.807) is 0 Å². The predicted octanol–water partition coefficient (Wildman–Crippen LogP) is 2.86. The fraction of sp³-hybridized carbons (Fsp3) is 0.444. The normalized spacial score (nSPS) is 11.6. The first-order valence-electron chi connectivity index (χ1n) is 3.62. The lowest BCUT2D eigenvalue weighted by Gasteiger charge is -2.14. The van der Waals surface area contributed by atoms with E-state index in [9.17, 15) is 0 Å². The van der Waals surface area contributed by atoms with Crippen molar-refractivity contribution < 1.29 is 0 Å². The average Bonchev–Trinajstić information content (AvgIpc) is 1.86. The van der Waals surface area contributed by atoms with Crippen molar-refractivity contribution >= 4 is 11.6 Å². The number of nitrogens with zero attached hydrogens (tertiary/aromatic N) is 1. The van der Waals surface area contributed by atoms with E-state index in [0.717, 1.165) is 11.3 Å². The zero-order chi connectivity index (χ0) is 8.48. The number of hydrogen-bond acceptors (Lipinski definition) is 1. The summed E-state index contributed by atoms with van der Waals surface area (Å²) < 4.78 is 0. The van der Waals surface area contributed by atoms with Gasteiger partial charge in [-0.2, -0.15) is 0 Å². The molecule has 0 N–H and O–H groups in total. The Morgan fingerprint density at radius 3 is 2.36 bits per heavy atom. The summed E-state index contributed by atoms with van der Waals surface area (Å²) in [4.78, 5) is 3.86. The molecule has 1 heterocycles. The van der Waals surface area contributed by atoms with Crippen LogP contribution in [0.5, 0.6) is 0 Å². The van der Waals surface area contributed by atoms with Crippen LogP contribution in [0.3, 0.4) is 0 Å². The van der Waals surface area contributed by atoms with Crippen molar-refractivity contribution in [3.8, 4) is 0 Å². The Hall–Kier alpha value is -0.560. The fourth-order valence-electron chi connectivity index (χ4n) is 0.819. The van der Waals surface area contributed by atoms with Crippen molar-refractivity contribution in [2.75, 3.05) is 0 Å². The maximum atomic E-state index is 6.05. The monoisotopic (exact) mass is 169 g/mol. The first kappa shape index (κ1) is 8.54. The van der Waals surface area contributed by atoms with E-state index in [4.69, 9.17) is 11.6 Å². The molecule has 1 rings (SSSR count). The van der Waals surface area contributed by atoms with E-state index < -0.39 is 0 Å². The first-order chi connectivity index (χ1) is 5.00. The second-order valence-electron chi connectivity index (χ2n) is 3.19. The molecular weight excluding hydrogens is 158 g/mol. The molecule has 1 nitrogen and oxygen atoms in total. The number of pyridine rings is 1. The van der Waals surface area contributed by atoms with Crippen LogP contribution in [0.15, 0.2) is 18.3 Å². The van der Waals surface area contributed by atoms with E-state index in [1.165, 1.54) is 0 Å². The maximum absolute atomic E-state index is 6.05. The van der Waals surface area contributed by atoms with Gasteiger partial charge in [0.15, 0.2) is 0 Å². The van der Waals surface area contributed by atoms with Crippen LogP contribution in [0.1, 0.15) is 25.1 Å². The molecule has 0 aliphatic heterocycles. The minimum Gasteiger partial charge on any atom is -0.259 e. The fourth-order valence-corrected chi connectivity index (χ4v) is 0.931. The molecule has 1 aromatic rings. The molecule has 0 spiro atoms. The van der Waals surface area contributed by atoms with Gasteiger partial charge in [0.2, 0.25) is 0 Å². The van der Waals surface area contributed by atoms with Gasteiger partial charge < -0.3 is 0 Å². The topological polar surface area (TPSA) is 12.9 Å². The summed E-state index contributed by atoms with van der Waals surface area (Å²) in [6.07, 6.45) is 1.83. The van der Waals surface area contributed by atoms with Crippen LogP contribution in [-0.4, -0.2) is 4.98 Å². The molecule has 1 aromatic heterocycles. The Kier molecular flexibility index (Phi) is 2.19. The summed E-state index contributed by atoms with van der Waals surface area (Å²) in [5.74, 6) is 0. The van der Waals surface area contributed by atoms with E-state index in [0.29, 0.717) is 0 Å². The van der Waals surface area contributed by atoms with Crippen LogP contribution in [0.4, 0.5) is 0 Å². The van der Waals surface area contributed by atoms with Crippen LogP contribution in [0.25, 0.3) is 0 Å². The second-order valence-corrected chi connectivity index (χ2v) is 4.14. The number of halogens is 1. The van der Waals surface area contributed by atoms with Gasteiger partial charge in [0.1, 0.15) is 0 Å². The molecule has 60 valence electrons. The molecule has 0 fully saturated rings. The van der Waals surface area contributed by atoms with Crippen molar-refractivity contribution in [1.29, 1.82) is 0 Å². The van der Waals surface area contributed by atoms with Gasteiger partial charge >= 0.3 is 0 Å². The Balaban J connectivity index is 2.99. The highest BCUT2D eigenvalue weighted by molar-refractivity contribution is 6.23. The lowest BCUT2D eigenvalue weighted by molar-refractivity contribution is 0.731. The van der Waals surface area contributed by atoms with Crippen LogP contribution in [0.2, 0.25) is 0 Å². The second kappa shape index (κ2) is 2.82. The molecule has 11 heavy (non-hydrogen) atoms. The highest BCUT2D eigenvalue weighted by Gasteiger charge is 2.16. The zero-order valence-electron chi connectivity index (χ0n) is 7.06. The van der Waals surface area contributed by atoms with Gasteiger partial charge in [-0.1, -0.05) is 6.07 Å². The van der Waals surface area contributed by atoms with Crippen molar-refractivity contribution in [2.24, 2.45) is 0 Å². The van der Waals surface area contributed by atoms with Gasteiger partial charge in [0.05, 0.1) is 10.6 Å². The smallest absolute Gasteiger partial charge is 0.0809 e. The summed E-state index contributed by atoms with van der Waals surface area (Å²) >= 11 is 6.05. The summed E-state index contributed by atoms with van der Waals surface area (Å²) in [6.45, 7) is 5.89. The molecule has 0 aliphatic carbocycles. The van der Waals surface area contributed by atoms with Crippen LogP contribution in [-0.2, 0) is 4.87 Å². The van der Waals surface area contributed by atoms with E-state index in [2.05, 4.69) is 4.98 Å². The van der Waals surface area contributed by atoms with Gasteiger partial charge in [0.25, 0.3) is 0 Å². The molecule has 0 aromatic carbocycles. The number of hydrogen-bond donors (Lipinski definition) is 0. The van der Waals surface area contributed by atoms with Crippen LogP contribution >= 0.6 is 11.6 Å². The van der Waals surface area contributed by atoms with Gasteiger partial charge in [0, 0.05) is 6.20 Å². The molecule has 0 unspecified atom stereocenters. The molecule has 0 amide bonds. The van der Waals surface area contributed by atoms with Crippen molar-refractivity contribution in [3.05, 3.63) is 29.6 Å². The lowest BCUT2D eigenvalue weighted by atomic mass is 10.1. The third-order valence-corrected chi connectivity index (χ3v) is 1.71. The van der Waals surface area contributed by atoms with Crippen molar-refractivity contribution in [2.45, 2.75) is 25.6 Å². The predicted molar refractivity (Wildman–Crippen MR) is 47.9 cm³/mol. The molecule has 0 saturated carbocycles. The number of aryl methyl sites for hydroxylation is 1. The summed E-state index contributed by atoms with van der Waals surface area (Å²) in [5.41, 5.74) is 2.08. The lowest BCUT2D eigenvalue weighted by Crippen LogP contribution is -2.09. The van der Waals surface area contributed by atoms with E-state index >= 15 is 0 Å². The summed E-state index contributed by atoms with van der Waals surface area (Å²) in [7, 11) is 0. The van der Waals surface area contributed by atoms with E-state index in [-0.39, 0.29) is 4.87 Å². The third kappa shape index (κ3) is 2.19. The number of rotatable bonds is 1.